The molecule has 0 bridgehead atoms. The van der Waals surface area contributed by atoms with E-state index in [2.05, 4.69) is 0 Å². The molecule has 3 N–H and O–H groups in total. The van der Waals surface area contributed by atoms with Gasteiger partial charge in [-0.25, -0.2) is 0 Å². The molecule has 10 heavy (non-hydrogen) atoms. The molecular weight excluding hydrogens is 124 g/mol. The van der Waals surface area contributed by atoms with Gasteiger partial charge in [-0.3, -0.25) is 5.41 Å². The quantitative estimate of drug-likeness (QED) is 0.446. The first kappa shape index (κ1) is 7.58. The minimum Gasteiger partial charge on any atom is -0.388 e. The highest BCUT2D eigenvalue weighted by atomic mass is 14.7. The molecule has 0 aliphatic heterocycles. The van der Waals surface area contributed by atoms with Gasteiger partial charge in [-0.1, -0.05) is 32.1 Å². The second-order valence-electron chi connectivity index (χ2n) is 3.23. The van der Waals surface area contributed by atoms with Crippen molar-refractivity contribution in [2.24, 2.45) is 11.7 Å². The standard InChI is InChI=1S/C8H16N2/c9-8(10)6-7-4-2-1-3-5-7/h7H,1-6H2,(H3,9,10). The van der Waals surface area contributed by atoms with Gasteiger partial charge in [0.1, 0.15) is 0 Å². The van der Waals surface area contributed by atoms with Crippen molar-refractivity contribution in [3.63, 3.8) is 0 Å². The van der Waals surface area contributed by atoms with Crippen LogP contribution in [0.25, 0.3) is 0 Å². The van der Waals surface area contributed by atoms with E-state index in [1.54, 1.807) is 0 Å². The Labute approximate surface area is 62.3 Å². The zero-order valence-electron chi connectivity index (χ0n) is 6.40. The molecule has 0 aromatic heterocycles. The second-order valence-corrected chi connectivity index (χ2v) is 3.23. The normalized spacial score (nSPS) is 20.8. The molecule has 0 heterocycles. The molecule has 0 unspecified atom stereocenters. The number of hydrogen-bond acceptors (Lipinski definition) is 1. The maximum absolute atomic E-state index is 7.11. The Morgan fingerprint density at radius 2 is 1.90 bits per heavy atom. The Kier molecular flexibility index (Phi) is 2.72. The van der Waals surface area contributed by atoms with Gasteiger partial charge in [0, 0.05) is 6.42 Å². The van der Waals surface area contributed by atoms with Gasteiger partial charge in [-0.2, -0.15) is 0 Å². The van der Waals surface area contributed by atoms with Crippen LogP contribution in [-0.2, 0) is 0 Å². The van der Waals surface area contributed by atoms with E-state index < -0.39 is 0 Å². The molecule has 2 nitrogen and oxygen atoms in total. The average molecular weight is 140 g/mol. The Bertz CT molecular complexity index is 114. The Hall–Kier alpha value is -0.530. The first-order valence-electron chi connectivity index (χ1n) is 4.12. The molecule has 0 atom stereocenters. The first-order valence-corrected chi connectivity index (χ1v) is 4.12. The topological polar surface area (TPSA) is 49.9 Å². The zero-order chi connectivity index (χ0) is 7.40. The lowest BCUT2D eigenvalue weighted by Crippen LogP contribution is -2.17. The molecule has 2 heteroatoms. The summed E-state index contributed by atoms with van der Waals surface area (Å²) in [5.74, 6) is 1.10. The van der Waals surface area contributed by atoms with Crippen molar-refractivity contribution in [2.45, 2.75) is 38.5 Å². The summed E-state index contributed by atoms with van der Waals surface area (Å²) < 4.78 is 0. The van der Waals surface area contributed by atoms with E-state index in [1.165, 1.54) is 32.1 Å². The lowest BCUT2D eigenvalue weighted by Gasteiger charge is -2.20. The van der Waals surface area contributed by atoms with Crippen LogP contribution in [0.15, 0.2) is 0 Å². The molecule has 1 fully saturated rings. The Morgan fingerprint density at radius 3 is 2.40 bits per heavy atom. The van der Waals surface area contributed by atoms with Crippen molar-refractivity contribution in [1.82, 2.24) is 0 Å². The predicted octanol–water partition coefficient (Wildman–Crippen LogP) is 1.89. The van der Waals surface area contributed by atoms with Crippen LogP contribution in [0.5, 0.6) is 0 Å². The van der Waals surface area contributed by atoms with Crippen LogP contribution < -0.4 is 5.73 Å². The van der Waals surface area contributed by atoms with Gasteiger partial charge in [0.25, 0.3) is 0 Å². The highest BCUT2D eigenvalue weighted by molar-refractivity contribution is 5.77. The first-order chi connectivity index (χ1) is 4.79. The van der Waals surface area contributed by atoms with Crippen LogP contribution in [0.3, 0.4) is 0 Å². The van der Waals surface area contributed by atoms with Gasteiger partial charge >= 0.3 is 0 Å². The second kappa shape index (κ2) is 3.59. The van der Waals surface area contributed by atoms with Crippen LogP contribution in [0.4, 0.5) is 0 Å². The molecule has 1 aliphatic rings. The van der Waals surface area contributed by atoms with Crippen molar-refractivity contribution >= 4 is 5.84 Å². The zero-order valence-corrected chi connectivity index (χ0v) is 6.40. The van der Waals surface area contributed by atoms with Gasteiger partial charge in [-0.05, 0) is 5.92 Å². The van der Waals surface area contributed by atoms with E-state index in [1.807, 2.05) is 0 Å². The lowest BCUT2D eigenvalue weighted by atomic mass is 9.87. The average Bonchev–Trinajstić information content (AvgIpc) is 1.88. The molecule has 0 aromatic rings. The third-order valence-electron chi connectivity index (χ3n) is 2.23. The van der Waals surface area contributed by atoms with Crippen LogP contribution in [0, 0.1) is 11.3 Å². The lowest BCUT2D eigenvalue weighted by molar-refractivity contribution is 0.367. The number of nitrogens with two attached hydrogens (primary N) is 1. The molecule has 0 radical (unpaired) electrons. The van der Waals surface area contributed by atoms with Gasteiger partial charge in [0.05, 0.1) is 5.84 Å². The van der Waals surface area contributed by atoms with Crippen molar-refractivity contribution in [3.05, 3.63) is 0 Å². The molecular formula is C8H16N2. The smallest absolute Gasteiger partial charge is 0.0908 e. The highest BCUT2D eigenvalue weighted by Gasteiger charge is 2.13. The SMILES string of the molecule is N=C(N)CC1CCCCC1. The summed E-state index contributed by atoms with van der Waals surface area (Å²) in [4.78, 5) is 0. The summed E-state index contributed by atoms with van der Waals surface area (Å²) in [7, 11) is 0. The van der Waals surface area contributed by atoms with E-state index in [0.29, 0.717) is 5.84 Å². The molecule has 1 saturated carbocycles. The van der Waals surface area contributed by atoms with Crippen molar-refractivity contribution < 1.29 is 0 Å². The fraction of sp³-hybridized carbons (Fsp3) is 0.875. The van der Waals surface area contributed by atoms with E-state index in [9.17, 15) is 0 Å². The molecule has 0 amide bonds. The monoisotopic (exact) mass is 140 g/mol. The molecule has 58 valence electrons. The van der Waals surface area contributed by atoms with Gasteiger partial charge in [0.2, 0.25) is 0 Å². The number of rotatable bonds is 2. The van der Waals surface area contributed by atoms with Crippen LogP contribution in [0.2, 0.25) is 0 Å². The number of amidine groups is 1. The third-order valence-corrected chi connectivity index (χ3v) is 2.23. The molecule has 0 aromatic carbocycles. The Balaban J connectivity index is 2.19. The summed E-state index contributed by atoms with van der Waals surface area (Å²) in [6.45, 7) is 0. The van der Waals surface area contributed by atoms with Crippen molar-refractivity contribution in [3.8, 4) is 0 Å². The minimum atomic E-state index is 0.368. The largest absolute Gasteiger partial charge is 0.388 e. The maximum atomic E-state index is 7.11. The van der Waals surface area contributed by atoms with Crippen LogP contribution in [0.1, 0.15) is 38.5 Å². The van der Waals surface area contributed by atoms with Gasteiger partial charge in [0.15, 0.2) is 0 Å². The third kappa shape index (κ3) is 2.38. The summed E-state index contributed by atoms with van der Waals surface area (Å²) in [5.41, 5.74) is 5.31. The fourth-order valence-corrected chi connectivity index (χ4v) is 1.70. The molecule has 0 saturated heterocycles. The maximum Gasteiger partial charge on any atom is 0.0908 e. The van der Waals surface area contributed by atoms with Gasteiger partial charge < -0.3 is 5.73 Å². The van der Waals surface area contributed by atoms with Crippen molar-refractivity contribution in [1.29, 1.82) is 5.41 Å². The molecule has 1 rings (SSSR count). The van der Waals surface area contributed by atoms with E-state index in [-0.39, 0.29) is 0 Å². The summed E-state index contributed by atoms with van der Waals surface area (Å²) >= 11 is 0. The van der Waals surface area contributed by atoms with Crippen molar-refractivity contribution in [2.75, 3.05) is 0 Å². The predicted molar refractivity (Wildman–Crippen MR) is 43.1 cm³/mol. The fourth-order valence-electron chi connectivity index (χ4n) is 1.70. The van der Waals surface area contributed by atoms with E-state index in [4.69, 9.17) is 11.1 Å². The van der Waals surface area contributed by atoms with E-state index >= 15 is 0 Å². The highest BCUT2D eigenvalue weighted by Crippen LogP contribution is 2.25. The van der Waals surface area contributed by atoms with Crippen LogP contribution >= 0.6 is 0 Å². The summed E-state index contributed by atoms with van der Waals surface area (Å²) in [5, 5.41) is 7.11. The van der Waals surface area contributed by atoms with Crippen LogP contribution in [-0.4, -0.2) is 5.84 Å². The molecule has 0 spiro atoms. The Morgan fingerprint density at radius 1 is 1.30 bits per heavy atom. The van der Waals surface area contributed by atoms with Gasteiger partial charge in [-0.15, -0.1) is 0 Å². The molecule has 1 aliphatic carbocycles. The minimum absolute atomic E-state index is 0.368. The van der Waals surface area contributed by atoms with E-state index in [0.717, 1.165) is 12.3 Å². The summed E-state index contributed by atoms with van der Waals surface area (Å²) in [6.07, 6.45) is 7.49. The summed E-state index contributed by atoms with van der Waals surface area (Å²) in [6, 6.07) is 0. The number of nitrogens with one attached hydrogen (secondary N) is 1. The number of hydrogen-bond donors (Lipinski definition) is 2.